The summed E-state index contributed by atoms with van der Waals surface area (Å²) in [6, 6.07) is 1.84. The highest BCUT2D eigenvalue weighted by atomic mass is 35.5. The Morgan fingerprint density at radius 1 is 1.38 bits per heavy atom. The van der Waals surface area contributed by atoms with Gasteiger partial charge in [0.25, 0.3) is 10.0 Å². The van der Waals surface area contributed by atoms with Gasteiger partial charge >= 0.3 is 6.18 Å². The van der Waals surface area contributed by atoms with Crippen LogP contribution in [-0.2, 0) is 27.4 Å². The third kappa shape index (κ3) is 4.23. The van der Waals surface area contributed by atoms with Crippen LogP contribution in [0.15, 0.2) is 27.9 Å². The maximum atomic E-state index is 12.5. The number of hydrogen-bond acceptors (Lipinski definition) is 6. The van der Waals surface area contributed by atoms with Crippen LogP contribution in [0, 0.1) is 6.92 Å². The van der Waals surface area contributed by atoms with Gasteiger partial charge in [0, 0.05) is 12.3 Å². The number of rotatable bonds is 4. The molecule has 2 heterocycles. The maximum absolute atomic E-state index is 12.5. The standard InChI is InChI=1S/C12H9ClF3N3O4S/c1-6-2-8(18-23-6)4-10(20)19-24(21,22)11-9(13)3-7(5-17-11)12(14,15)16/h2-3,5H,4H2,1H3,(H,19,20). The number of carbonyl (C=O) groups excluding carboxylic acids is 1. The summed E-state index contributed by atoms with van der Waals surface area (Å²) in [6.45, 7) is 1.58. The fraction of sp³-hybridized carbons (Fsp3) is 0.250. The molecule has 2 rings (SSSR count). The van der Waals surface area contributed by atoms with Crippen molar-refractivity contribution >= 4 is 27.5 Å². The smallest absolute Gasteiger partial charge is 0.361 e. The largest absolute Gasteiger partial charge is 0.417 e. The van der Waals surface area contributed by atoms with Crippen LogP contribution in [0.2, 0.25) is 5.02 Å². The van der Waals surface area contributed by atoms with E-state index in [1.165, 1.54) is 6.07 Å². The lowest BCUT2D eigenvalue weighted by molar-refractivity contribution is -0.137. The van der Waals surface area contributed by atoms with Crippen molar-refractivity contribution in [1.29, 1.82) is 0 Å². The zero-order valence-corrected chi connectivity index (χ0v) is 13.5. The topological polar surface area (TPSA) is 102 Å². The fourth-order valence-electron chi connectivity index (χ4n) is 1.68. The van der Waals surface area contributed by atoms with Crippen LogP contribution in [0.5, 0.6) is 0 Å². The number of alkyl halides is 3. The monoisotopic (exact) mass is 383 g/mol. The summed E-state index contributed by atoms with van der Waals surface area (Å²) in [7, 11) is -4.53. The van der Waals surface area contributed by atoms with Gasteiger partial charge < -0.3 is 4.52 Å². The Bertz CT molecular complexity index is 880. The first-order valence-corrected chi connectivity index (χ1v) is 8.06. The van der Waals surface area contributed by atoms with E-state index in [1.807, 2.05) is 0 Å². The number of aromatic nitrogens is 2. The van der Waals surface area contributed by atoms with Crippen LogP contribution in [0.4, 0.5) is 13.2 Å². The molecule has 2 aromatic heterocycles. The van der Waals surface area contributed by atoms with E-state index >= 15 is 0 Å². The molecule has 0 aliphatic heterocycles. The lowest BCUT2D eigenvalue weighted by Crippen LogP contribution is -2.32. The molecule has 0 atom stereocenters. The second-order valence-electron chi connectivity index (χ2n) is 4.64. The second-order valence-corrected chi connectivity index (χ2v) is 6.65. The lowest BCUT2D eigenvalue weighted by Gasteiger charge is -2.10. The molecule has 1 amide bonds. The number of amides is 1. The Balaban J connectivity index is 2.19. The summed E-state index contributed by atoms with van der Waals surface area (Å²) < 4.78 is 68.0. The molecule has 0 saturated carbocycles. The Morgan fingerprint density at radius 3 is 2.54 bits per heavy atom. The molecular weight excluding hydrogens is 375 g/mol. The number of nitrogens with one attached hydrogen (secondary N) is 1. The number of hydrogen-bond donors (Lipinski definition) is 1. The van der Waals surface area contributed by atoms with Gasteiger partial charge in [0.15, 0.2) is 5.03 Å². The Kier molecular flexibility index (Phi) is 4.85. The van der Waals surface area contributed by atoms with Crippen LogP contribution < -0.4 is 4.72 Å². The Labute approximate surface area is 138 Å². The van der Waals surface area contributed by atoms with Crippen LogP contribution in [0.3, 0.4) is 0 Å². The van der Waals surface area contributed by atoms with E-state index < -0.39 is 44.1 Å². The summed E-state index contributed by atoms with van der Waals surface area (Å²) >= 11 is 5.55. The molecule has 130 valence electrons. The maximum Gasteiger partial charge on any atom is 0.417 e. The van der Waals surface area contributed by atoms with Crippen molar-refractivity contribution < 1.29 is 30.9 Å². The number of pyridine rings is 1. The number of carbonyl (C=O) groups is 1. The molecule has 0 fully saturated rings. The van der Waals surface area contributed by atoms with E-state index in [1.54, 1.807) is 11.6 Å². The van der Waals surface area contributed by atoms with Crippen LogP contribution in [0.25, 0.3) is 0 Å². The molecule has 24 heavy (non-hydrogen) atoms. The van der Waals surface area contributed by atoms with Crippen molar-refractivity contribution in [1.82, 2.24) is 14.9 Å². The average Bonchev–Trinajstić information content (AvgIpc) is 2.81. The molecule has 2 aromatic rings. The first-order chi connectivity index (χ1) is 11.0. The fourth-order valence-corrected chi connectivity index (χ4v) is 3.12. The minimum Gasteiger partial charge on any atom is -0.361 e. The van der Waals surface area contributed by atoms with E-state index in [9.17, 15) is 26.4 Å². The van der Waals surface area contributed by atoms with Crippen molar-refractivity contribution in [2.75, 3.05) is 0 Å². The SMILES string of the molecule is Cc1cc(CC(=O)NS(=O)(=O)c2ncc(C(F)(F)F)cc2Cl)no1. The minimum atomic E-state index is -4.73. The summed E-state index contributed by atoms with van der Waals surface area (Å²) in [5.74, 6) is -0.547. The van der Waals surface area contributed by atoms with Crippen LogP contribution in [0.1, 0.15) is 17.0 Å². The molecular formula is C12H9ClF3N3O4S. The molecule has 0 aromatic carbocycles. The number of sulfonamides is 1. The molecule has 7 nitrogen and oxygen atoms in total. The van der Waals surface area contributed by atoms with Gasteiger partial charge in [0.05, 0.1) is 22.7 Å². The van der Waals surface area contributed by atoms with E-state index in [2.05, 4.69) is 10.1 Å². The van der Waals surface area contributed by atoms with Crippen molar-refractivity contribution in [3.8, 4) is 0 Å². The molecule has 12 heteroatoms. The first-order valence-electron chi connectivity index (χ1n) is 6.19. The van der Waals surface area contributed by atoms with Gasteiger partial charge in [0.2, 0.25) is 5.91 Å². The van der Waals surface area contributed by atoms with Crippen LogP contribution in [-0.4, -0.2) is 24.5 Å². The van der Waals surface area contributed by atoms with Gasteiger partial charge in [-0.1, -0.05) is 16.8 Å². The molecule has 0 spiro atoms. The van der Waals surface area contributed by atoms with Gasteiger partial charge in [-0.05, 0) is 13.0 Å². The lowest BCUT2D eigenvalue weighted by atomic mass is 10.3. The molecule has 0 aliphatic carbocycles. The van der Waals surface area contributed by atoms with Crippen molar-refractivity contribution in [3.63, 3.8) is 0 Å². The average molecular weight is 384 g/mol. The highest BCUT2D eigenvalue weighted by Crippen LogP contribution is 2.32. The van der Waals surface area contributed by atoms with Gasteiger partial charge in [-0.3, -0.25) is 4.79 Å². The van der Waals surface area contributed by atoms with Gasteiger partial charge in [-0.25, -0.2) is 9.71 Å². The van der Waals surface area contributed by atoms with E-state index in [0.717, 1.165) is 0 Å². The highest BCUT2D eigenvalue weighted by Gasteiger charge is 2.33. The highest BCUT2D eigenvalue weighted by molar-refractivity contribution is 7.90. The van der Waals surface area contributed by atoms with Crippen molar-refractivity contribution in [2.24, 2.45) is 0 Å². The number of halogens is 4. The summed E-state index contributed by atoms with van der Waals surface area (Å²) in [5, 5.41) is 1.87. The molecule has 0 unspecified atom stereocenters. The first kappa shape index (κ1) is 18.2. The van der Waals surface area contributed by atoms with E-state index in [4.69, 9.17) is 16.1 Å². The number of nitrogens with zero attached hydrogens (tertiary/aromatic N) is 2. The molecule has 0 bridgehead atoms. The van der Waals surface area contributed by atoms with Gasteiger partial charge in [-0.2, -0.15) is 21.6 Å². The minimum absolute atomic E-state index is 0.187. The van der Waals surface area contributed by atoms with Crippen molar-refractivity contribution in [2.45, 2.75) is 24.5 Å². The third-order valence-electron chi connectivity index (χ3n) is 2.66. The summed E-state index contributed by atoms with van der Waals surface area (Å²) in [5.41, 5.74) is -1.03. The number of aryl methyl sites for hydroxylation is 1. The van der Waals surface area contributed by atoms with Crippen molar-refractivity contribution in [3.05, 3.63) is 40.4 Å². The molecule has 1 N–H and O–H groups in total. The summed E-state index contributed by atoms with van der Waals surface area (Å²) in [4.78, 5) is 14.9. The van der Waals surface area contributed by atoms with Gasteiger partial charge in [-0.15, -0.1) is 0 Å². The predicted molar refractivity (Wildman–Crippen MR) is 74.5 cm³/mol. The van der Waals surface area contributed by atoms with Gasteiger partial charge in [0.1, 0.15) is 5.76 Å². The van der Waals surface area contributed by atoms with E-state index in [-0.39, 0.29) is 5.69 Å². The summed E-state index contributed by atoms with van der Waals surface area (Å²) in [6.07, 6.45) is -4.83. The second kappa shape index (κ2) is 6.40. The quantitative estimate of drug-likeness (QED) is 0.867. The Hall–Kier alpha value is -2.14. The molecule has 0 aliphatic rings. The predicted octanol–water partition coefficient (Wildman–Crippen LogP) is 2.10. The van der Waals surface area contributed by atoms with E-state index in [0.29, 0.717) is 18.0 Å². The zero-order valence-electron chi connectivity index (χ0n) is 11.9. The third-order valence-corrected chi connectivity index (χ3v) is 4.39. The molecule has 0 radical (unpaired) electrons. The Morgan fingerprint density at radius 2 is 2.04 bits per heavy atom. The van der Waals surface area contributed by atoms with Crippen LogP contribution >= 0.6 is 11.6 Å². The normalized spacial score (nSPS) is 12.2. The molecule has 0 saturated heterocycles. The zero-order chi connectivity index (χ0) is 18.1.